The number of piperazine rings is 1. The number of benzene rings is 1. The van der Waals surface area contributed by atoms with E-state index in [1.807, 2.05) is 0 Å². The molecule has 2 unspecified atom stereocenters. The van der Waals surface area contributed by atoms with Gasteiger partial charge in [-0.1, -0.05) is 42.5 Å². The summed E-state index contributed by atoms with van der Waals surface area (Å²) in [6.45, 7) is 2.93. The van der Waals surface area contributed by atoms with Gasteiger partial charge in [-0.05, 0) is 37.7 Å². The first-order valence-corrected chi connectivity index (χ1v) is 9.07. The summed E-state index contributed by atoms with van der Waals surface area (Å²) in [5, 5.41) is 0. The summed E-state index contributed by atoms with van der Waals surface area (Å²) in [6.07, 6.45) is 10.1. The number of carbonyl (C=O) groups is 1. The second-order valence-electron chi connectivity index (χ2n) is 7.17. The number of nitrogens with zero attached hydrogens (tertiary/aromatic N) is 2. The highest BCUT2D eigenvalue weighted by molar-refractivity contribution is 5.80. The van der Waals surface area contributed by atoms with Crippen molar-refractivity contribution in [3.63, 3.8) is 0 Å². The molecule has 1 saturated heterocycles. The Hall–Kier alpha value is -1.61. The Morgan fingerprint density at radius 3 is 2.52 bits per heavy atom. The van der Waals surface area contributed by atoms with Crippen LogP contribution in [0.1, 0.15) is 43.7 Å². The molecule has 4 rings (SSSR count). The summed E-state index contributed by atoms with van der Waals surface area (Å²) in [4.78, 5) is 17.9. The number of hydrogen-bond donors (Lipinski definition) is 0. The molecule has 0 aromatic heterocycles. The molecule has 3 heteroatoms. The van der Waals surface area contributed by atoms with E-state index in [-0.39, 0.29) is 12.0 Å². The third-order valence-electron chi connectivity index (χ3n) is 5.56. The minimum Gasteiger partial charge on any atom is -0.333 e. The summed E-state index contributed by atoms with van der Waals surface area (Å²) in [6, 6.07) is 11.6. The molecule has 1 heterocycles. The van der Waals surface area contributed by atoms with E-state index in [9.17, 15) is 4.79 Å². The molecule has 3 nitrogen and oxygen atoms in total. The molecule has 0 bridgehead atoms. The summed E-state index contributed by atoms with van der Waals surface area (Å²) in [5.74, 6) is 0.567. The van der Waals surface area contributed by atoms with Crippen molar-refractivity contribution in [2.75, 3.05) is 19.6 Å². The lowest BCUT2D eigenvalue weighted by atomic mass is 9.91. The van der Waals surface area contributed by atoms with Gasteiger partial charge in [0, 0.05) is 31.6 Å². The Morgan fingerprint density at radius 1 is 1.00 bits per heavy atom. The molecule has 1 aliphatic heterocycles. The lowest BCUT2D eigenvalue weighted by Crippen LogP contribution is -2.52. The van der Waals surface area contributed by atoms with E-state index < -0.39 is 0 Å². The lowest BCUT2D eigenvalue weighted by molar-refractivity contribution is -0.141. The number of rotatable bonds is 3. The van der Waals surface area contributed by atoms with Crippen molar-refractivity contribution < 1.29 is 4.79 Å². The van der Waals surface area contributed by atoms with Crippen LogP contribution in [0.25, 0.3) is 0 Å². The van der Waals surface area contributed by atoms with Gasteiger partial charge in [0.15, 0.2) is 0 Å². The van der Waals surface area contributed by atoms with Gasteiger partial charge >= 0.3 is 0 Å². The van der Waals surface area contributed by atoms with Crippen LogP contribution in [0.2, 0.25) is 0 Å². The van der Waals surface area contributed by atoms with Crippen LogP contribution in [0.5, 0.6) is 0 Å². The van der Waals surface area contributed by atoms with Gasteiger partial charge in [-0.3, -0.25) is 9.69 Å². The zero-order valence-electron chi connectivity index (χ0n) is 13.7. The van der Waals surface area contributed by atoms with Gasteiger partial charge in [-0.15, -0.1) is 0 Å². The van der Waals surface area contributed by atoms with Crippen molar-refractivity contribution in [1.29, 1.82) is 0 Å². The fourth-order valence-corrected chi connectivity index (χ4v) is 4.05. The van der Waals surface area contributed by atoms with E-state index in [4.69, 9.17) is 0 Å². The molecule has 0 N–H and O–H groups in total. The molecule has 122 valence electrons. The predicted molar refractivity (Wildman–Crippen MR) is 92.0 cm³/mol. The van der Waals surface area contributed by atoms with Crippen LogP contribution in [0.3, 0.4) is 0 Å². The van der Waals surface area contributed by atoms with Crippen molar-refractivity contribution >= 4 is 5.91 Å². The predicted octanol–water partition coefficient (Wildman–Crippen LogP) is 3.39. The summed E-state index contributed by atoms with van der Waals surface area (Å²) < 4.78 is 0. The molecule has 2 fully saturated rings. The first kappa shape index (κ1) is 14.9. The molecule has 0 spiro atoms. The van der Waals surface area contributed by atoms with Crippen molar-refractivity contribution in [3.05, 3.63) is 48.0 Å². The van der Waals surface area contributed by atoms with Crippen LogP contribution < -0.4 is 0 Å². The number of hydrogen-bond acceptors (Lipinski definition) is 2. The van der Waals surface area contributed by atoms with Gasteiger partial charge in [-0.2, -0.15) is 0 Å². The topological polar surface area (TPSA) is 23.6 Å². The normalized spacial score (nSPS) is 28.8. The third-order valence-corrected chi connectivity index (χ3v) is 5.56. The van der Waals surface area contributed by atoms with Crippen LogP contribution in [0.4, 0.5) is 0 Å². The average molecular weight is 310 g/mol. The molecule has 1 aromatic carbocycles. The minimum atomic E-state index is 0.193. The van der Waals surface area contributed by atoms with Crippen molar-refractivity contribution in [2.24, 2.45) is 5.92 Å². The maximum Gasteiger partial charge on any atom is 0.226 e. The van der Waals surface area contributed by atoms with Crippen molar-refractivity contribution in [3.8, 4) is 0 Å². The number of allylic oxidation sites excluding steroid dienone is 2. The molecule has 2 aliphatic carbocycles. The Labute approximate surface area is 139 Å². The maximum atomic E-state index is 13.1. The highest BCUT2D eigenvalue weighted by Gasteiger charge is 2.39. The molecule has 0 radical (unpaired) electrons. The summed E-state index contributed by atoms with van der Waals surface area (Å²) in [5.41, 5.74) is 1.29. The van der Waals surface area contributed by atoms with Crippen LogP contribution in [0.15, 0.2) is 42.5 Å². The molecule has 23 heavy (non-hydrogen) atoms. The van der Waals surface area contributed by atoms with E-state index >= 15 is 0 Å². The summed E-state index contributed by atoms with van der Waals surface area (Å²) >= 11 is 0. The molecule has 1 saturated carbocycles. The summed E-state index contributed by atoms with van der Waals surface area (Å²) in [7, 11) is 0. The maximum absolute atomic E-state index is 13.1. The highest BCUT2D eigenvalue weighted by atomic mass is 16.2. The van der Waals surface area contributed by atoms with Gasteiger partial charge in [0.2, 0.25) is 5.91 Å². The Kier molecular flexibility index (Phi) is 4.21. The van der Waals surface area contributed by atoms with Crippen LogP contribution in [-0.4, -0.2) is 41.4 Å². The fourth-order valence-electron chi connectivity index (χ4n) is 4.05. The lowest BCUT2D eigenvalue weighted by Gasteiger charge is -2.43. The van der Waals surface area contributed by atoms with E-state index in [1.54, 1.807) is 0 Å². The Bertz CT molecular complexity index is 579. The molecule has 2 atom stereocenters. The van der Waals surface area contributed by atoms with E-state index in [0.29, 0.717) is 5.91 Å². The largest absolute Gasteiger partial charge is 0.333 e. The van der Waals surface area contributed by atoms with Crippen molar-refractivity contribution in [2.45, 2.75) is 44.2 Å². The molecule has 3 aliphatic rings. The molecular formula is C20H26N2O. The van der Waals surface area contributed by atoms with Gasteiger partial charge in [0.05, 0.1) is 6.04 Å². The van der Waals surface area contributed by atoms with Crippen molar-refractivity contribution in [1.82, 2.24) is 9.80 Å². The highest BCUT2D eigenvalue weighted by Crippen LogP contribution is 2.35. The van der Waals surface area contributed by atoms with E-state index in [2.05, 4.69) is 52.3 Å². The smallest absolute Gasteiger partial charge is 0.226 e. The van der Waals surface area contributed by atoms with Crippen LogP contribution >= 0.6 is 0 Å². The average Bonchev–Trinajstić information content (AvgIpc) is 3.47. The number of carbonyl (C=O) groups excluding carboxylic acids is 1. The molecule has 1 amide bonds. The molecule has 1 aromatic rings. The quantitative estimate of drug-likeness (QED) is 0.799. The Balaban J connectivity index is 1.55. The third kappa shape index (κ3) is 3.20. The zero-order valence-corrected chi connectivity index (χ0v) is 13.7. The molecular weight excluding hydrogens is 284 g/mol. The van der Waals surface area contributed by atoms with E-state index in [1.165, 1.54) is 18.4 Å². The SMILES string of the molecule is O=C(C1CC=CCC1)N1CCN(C2CC2)CC1c1ccccc1. The van der Waals surface area contributed by atoms with Gasteiger partial charge in [0.1, 0.15) is 0 Å². The fraction of sp³-hybridized carbons (Fsp3) is 0.550. The second-order valence-corrected chi connectivity index (χ2v) is 7.17. The first-order chi connectivity index (χ1) is 11.3. The van der Waals surface area contributed by atoms with Gasteiger partial charge < -0.3 is 4.90 Å². The monoisotopic (exact) mass is 310 g/mol. The van der Waals surface area contributed by atoms with Crippen LogP contribution in [0, 0.1) is 5.92 Å². The van der Waals surface area contributed by atoms with Gasteiger partial charge in [-0.25, -0.2) is 0 Å². The first-order valence-electron chi connectivity index (χ1n) is 9.07. The second kappa shape index (κ2) is 6.48. The van der Waals surface area contributed by atoms with E-state index in [0.717, 1.165) is 44.9 Å². The van der Waals surface area contributed by atoms with Crippen LogP contribution in [-0.2, 0) is 4.79 Å². The standard InChI is InChI=1S/C20H26N2O/c23-20(17-9-5-2-6-10-17)22-14-13-21(18-11-12-18)15-19(22)16-7-3-1-4-8-16/h1-5,7-8,17-19H,6,9-15H2. The minimum absolute atomic E-state index is 0.193. The Morgan fingerprint density at radius 2 is 1.83 bits per heavy atom. The number of amides is 1. The van der Waals surface area contributed by atoms with Gasteiger partial charge in [0.25, 0.3) is 0 Å². The zero-order chi connectivity index (χ0) is 15.6.